The van der Waals surface area contributed by atoms with Crippen molar-refractivity contribution in [1.82, 2.24) is 16.0 Å². The number of aliphatic carboxylic acids is 1. The second-order valence-corrected chi connectivity index (χ2v) is 8.23. The van der Waals surface area contributed by atoms with Crippen LogP contribution in [-0.4, -0.2) is 59.1 Å². The van der Waals surface area contributed by atoms with Gasteiger partial charge in [-0.25, -0.2) is 4.79 Å². The number of rotatable bonds is 11. The van der Waals surface area contributed by atoms with Crippen molar-refractivity contribution < 1.29 is 19.5 Å². The Morgan fingerprint density at radius 1 is 1.12 bits per heavy atom. The summed E-state index contributed by atoms with van der Waals surface area (Å²) in [7, 11) is 0. The van der Waals surface area contributed by atoms with E-state index in [4.69, 9.17) is 5.11 Å². The first-order chi connectivity index (χ1) is 11.0. The van der Waals surface area contributed by atoms with Crippen molar-refractivity contribution in [3.63, 3.8) is 0 Å². The maximum atomic E-state index is 11.8. The van der Waals surface area contributed by atoms with E-state index in [9.17, 15) is 14.4 Å². The van der Waals surface area contributed by atoms with Gasteiger partial charge in [0.1, 0.15) is 6.04 Å². The van der Waals surface area contributed by atoms with E-state index >= 15 is 0 Å². The molecule has 0 unspecified atom stereocenters. The summed E-state index contributed by atoms with van der Waals surface area (Å²) in [5.41, 5.74) is -0.203. The fourth-order valence-corrected chi connectivity index (χ4v) is 2.54. The topological polar surface area (TPSA) is 108 Å². The Labute approximate surface area is 148 Å². The Kier molecular flexibility index (Phi) is 10.7. The number of amides is 2. The minimum Gasteiger partial charge on any atom is -0.480 e. The lowest BCUT2D eigenvalue weighted by Crippen LogP contribution is -2.50. The molecule has 0 aromatic heterocycles. The van der Waals surface area contributed by atoms with E-state index in [2.05, 4.69) is 29.8 Å². The fourth-order valence-electron chi connectivity index (χ4n) is 1.57. The highest BCUT2D eigenvalue weighted by atomic mass is 32.2. The smallest absolute Gasteiger partial charge is 0.328 e. The van der Waals surface area contributed by atoms with Crippen molar-refractivity contribution >= 4 is 29.5 Å². The fraction of sp³-hybridized carbons (Fsp3) is 0.812. The molecule has 140 valence electrons. The van der Waals surface area contributed by atoms with Crippen LogP contribution in [0, 0.1) is 5.92 Å². The number of hydrogen-bond donors (Lipinski definition) is 4. The van der Waals surface area contributed by atoms with Crippen LogP contribution in [0.4, 0.5) is 0 Å². The number of thioether (sulfide) groups is 1. The highest BCUT2D eigenvalue weighted by Crippen LogP contribution is 2.08. The summed E-state index contributed by atoms with van der Waals surface area (Å²) in [5.74, 6) is 0.382. The standard InChI is InChI=1S/C16H31N3O4S/c1-11(2)10-24-7-6-13(20)19-12(15(22)23)8-17-14(21)9-18-16(3,4)5/h11-12,18H,6-10H2,1-5H3,(H,17,21)(H,19,20)(H,22,23)/t12-/m1/s1. The molecule has 24 heavy (non-hydrogen) atoms. The summed E-state index contributed by atoms with van der Waals surface area (Å²) >= 11 is 1.67. The number of carbonyl (C=O) groups excluding carboxylic acids is 2. The van der Waals surface area contributed by atoms with E-state index in [0.717, 1.165) is 5.75 Å². The normalized spacial score (nSPS) is 12.8. The third kappa shape index (κ3) is 13.2. The van der Waals surface area contributed by atoms with E-state index in [1.807, 2.05) is 20.8 Å². The number of carbonyl (C=O) groups is 3. The molecule has 0 aromatic rings. The Bertz CT molecular complexity index is 422. The van der Waals surface area contributed by atoms with Gasteiger partial charge in [0.15, 0.2) is 0 Å². The van der Waals surface area contributed by atoms with E-state index in [0.29, 0.717) is 11.7 Å². The minimum atomic E-state index is -1.16. The van der Waals surface area contributed by atoms with Crippen LogP contribution in [0.3, 0.4) is 0 Å². The molecule has 0 aliphatic heterocycles. The summed E-state index contributed by atoms with van der Waals surface area (Å²) < 4.78 is 0. The number of nitrogens with one attached hydrogen (secondary N) is 3. The van der Waals surface area contributed by atoms with Gasteiger partial charge in [-0.3, -0.25) is 9.59 Å². The molecule has 0 radical (unpaired) electrons. The van der Waals surface area contributed by atoms with Crippen molar-refractivity contribution in [2.45, 2.75) is 52.6 Å². The van der Waals surface area contributed by atoms with E-state index in [-0.39, 0.29) is 36.9 Å². The molecule has 0 saturated carbocycles. The van der Waals surface area contributed by atoms with Crippen LogP contribution in [0.1, 0.15) is 41.0 Å². The predicted molar refractivity (Wildman–Crippen MR) is 97.1 cm³/mol. The van der Waals surface area contributed by atoms with Crippen molar-refractivity contribution in [1.29, 1.82) is 0 Å². The van der Waals surface area contributed by atoms with Crippen molar-refractivity contribution in [3.8, 4) is 0 Å². The van der Waals surface area contributed by atoms with Crippen molar-refractivity contribution in [3.05, 3.63) is 0 Å². The first kappa shape index (κ1) is 22.7. The molecule has 0 fully saturated rings. The van der Waals surface area contributed by atoms with Crippen molar-refractivity contribution in [2.75, 3.05) is 24.6 Å². The average Bonchev–Trinajstić information content (AvgIpc) is 2.44. The van der Waals surface area contributed by atoms with Crippen LogP contribution in [0.5, 0.6) is 0 Å². The van der Waals surface area contributed by atoms with Crippen LogP contribution < -0.4 is 16.0 Å². The lowest BCUT2D eigenvalue weighted by atomic mass is 10.1. The van der Waals surface area contributed by atoms with Gasteiger partial charge in [-0.1, -0.05) is 13.8 Å². The van der Waals surface area contributed by atoms with Gasteiger partial charge in [0, 0.05) is 24.3 Å². The highest BCUT2D eigenvalue weighted by Gasteiger charge is 2.21. The second-order valence-electron chi connectivity index (χ2n) is 7.08. The first-order valence-electron chi connectivity index (χ1n) is 8.13. The summed E-state index contributed by atoms with van der Waals surface area (Å²) in [6.45, 7) is 9.95. The molecule has 0 bridgehead atoms. The van der Waals surface area contributed by atoms with Crippen LogP contribution in [-0.2, 0) is 14.4 Å². The Balaban J connectivity index is 4.14. The monoisotopic (exact) mass is 361 g/mol. The zero-order valence-electron chi connectivity index (χ0n) is 15.3. The number of carboxylic acid groups (broad SMARTS) is 1. The summed E-state index contributed by atoms with van der Waals surface area (Å²) in [5, 5.41) is 17.1. The number of carboxylic acids is 1. The van der Waals surface area contributed by atoms with Gasteiger partial charge in [-0.05, 0) is 32.4 Å². The zero-order valence-corrected chi connectivity index (χ0v) is 16.1. The molecule has 0 heterocycles. The molecule has 1 atom stereocenters. The van der Waals surface area contributed by atoms with E-state index in [1.54, 1.807) is 11.8 Å². The highest BCUT2D eigenvalue weighted by molar-refractivity contribution is 7.99. The summed E-state index contributed by atoms with van der Waals surface area (Å²) in [4.78, 5) is 34.7. The maximum Gasteiger partial charge on any atom is 0.328 e. The Hall–Kier alpha value is -1.28. The SMILES string of the molecule is CC(C)CSCCC(=O)N[C@H](CNC(=O)CNC(C)(C)C)C(=O)O. The van der Waals surface area contributed by atoms with Crippen LogP contribution in [0.15, 0.2) is 0 Å². The molecule has 0 saturated heterocycles. The molecular formula is C16H31N3O4S. The molecule has 0 aromatic carbocycles. The molecule has 0 spiro atoms. The lowest BCUT2D eigenvalue weighted by molar-refractivity contribution is -0.141. The van der Waals surface area contributed by atoms with Crippen LogP contribution in [0.2, 0.25) is 0 Å². The van der Waals surface area contributed by atoms with Gasteiger partial charge in [0.25, 0.3) is 0 Å². The summed E-state index contributed by atoms with van der Waals surface area (Å²) in [6.07, 6.45) is 0.265. The second kappa shape index (κ2) is 11.3. The minimum absolute atomic E-state index is 0.0929. The van der Waals surface area contributed by atoms with Gasteiger partial charge >= 0.3 is 5.97 Å². The third-order valence-corrected chi connectivity index (χ3v) is 4.24. The third-order valence-electron chi connectivity index (χ3n) is 2.84. The zero-order chi connectivity index (χ0) is 18.8. The number of hydrogen-bond acceptors (Lipinski definition) is 5. The molecular weight excluding hydrogens is 330 g/mol. The van der Waals surface area contributed by atoms with Gasteiger partial charge in [0.05, 0.1) is 6.54 Å². The van der Waals surface area contributed by atoms with E-state index < -0.39 is 12.0 Å². The molecule has 0 aliphatic carbocycles. The molecule has 7 nitrogen and oxygen atoms in total. The quantitative estimate of drug-likeness (QED) is 0.406. The Morgan fingerprint density at radius 2 is 1.75 bits per heavy atom. The van der Waals surface area contributed by atoms with Crippen molar-refractivity contribution in [2.24, 2.45) is 5.92 Å². The Morgan fingerprint density at radius 3 is 2.25 bits per heavy atom. The van der Waals surface area contributed by atoms with Gasteiger partial charge < -0.3 is 21.1 Å². The summed E-state index contributed by atoms with van der Waals surface area (Å²) in [6, 6.07) is -1.12. The molecule has 0 rings (SSSR count). The van der Waals surface area contributed by atoms with Gasteiger partial charge in [-0.15, -0.1) is 0 Å². The largest absolute Gasteiger partial charge is 0.480 e. The molecule has 2 amide bonds. The first-order valence-corrected chi connectivity index (χ1v) is 9.28. The van der Waals surface area contributed by atoms with Crippen LogP contribution in [0.25, 0.3) is 0 Å². The van der Waals surface area contributed by atoms with Gasteiger partial charge in [0.2, 0.25) is 11.8 Å². The van der Waals surface area contributed by atoms with Crippen LogP contribution >= 0.6 is 11.8 Å². The molecule has 4 N–H and O–H groups in total. The lowest BCUT2D eigenvalue weighted by Gasteiger charge is -2.20. The predicted octanol–water partition coefficient (Wildman–Crippen LogP) is 0.839. The maximum absolute atomic E-state index is 11.8. The molecule has 0 aliphatic rings. The van der Waals surface area contributed by atoms with E-state index in [1.165, 1.54) is 0 Å². The molecule has 8 heteroatoms. The average molecular weight is 362 g/mol. The van der Waals surface area contributed by atoms with Gasteiger partial charge in [-0.2, -0.15) is 11.8 Å².